The van der Waals surface area contributed by atoms with Crippen LogP contribution in [0.5, 0.6) is 5.75 Å². The molecule has 1 N–H and O–H groups in total. The van der Waals surface area contributed by atoms with Crippen molar-refractivity contribution in [2.75, 3.05) is 27.2 Å². The van der Waals surface area contributed by atoms with E-state index in [-0.39, 0.29) is 5.91 Å². The van der Waals surface area contributed by atoms with Gasteiger partial charge in [0.05, 0.1) is 13.7 Å². The molecule has 0 saturated heterocycles. The minimum Gasteiger partial charge on any atom is -0.496 e. The average Bonchev–Trinajstić information content (AvgIpc) is 2.56. The average molecular weight is 375 g/mol. The zero-order valence-electron chi connectivity index (χ0n) is 15.9. The maximum absolute atomic E-state index is 12.1. The van der Waals surface area contributed by atoms with Crippen LogP contribution in [0.3, 0.4) is 0 Å². The van der Waals surface area contributed by atoms with Gasteiger partial charge in [-0.05, 0) is 61.7 Å². The summed E-state index contributed by atoms with van der Waals surface area (Å²) >= 11 is 5.87. The molecular formula is C21H27ClN2O2. The van der Waals surface area contributed by atoms with Gasteiger partial charge in [0.2, 0.25) is 5.91 Å². The Kier molecular flexibility index (Phi) is 7.49. The van der Waals surface area contributed by atoms with E-state index in [4.69, 9.17) is 16.3 Å². The number of halogens is 1. The van der Waals surface area contributed by atoms with E-state index in [1.54, 1.807) is 7.11 Å². The van der Waals surface area contributed by atoms with Crippen molar-refractivity contribution in [1.29, 1.82) is 0 Å². The largest absolute Gasteiger partial charge is 0.496 e. The zero-order chi connectivity index (χ0) is 19.1. The lowest BCUT2D eigenvalue weighted by Gasteiger charge is -2.18. The summed E-state index contributed by atoms with van der Waals surface area (Å²) in [7, 11) is 3.64. The Morgan fingerprint density at radius 1 is 1.12 bits per heavy atom. The highest BCUT2D eigenvalue weighted by Gasteiger charge is 2.10. The topological polar surface area (TPSA) is 41.6 Å². The molecule has 0 spiro atoms. The summed E-state index contributed by atoms with van der Waals surface area (Å²) < 4.78 is 5.40. The van der Waals surface area contributed by atoms with E-state index in [2.05, 4.69) is 17.4 Å². The number of methoxy groups -OCH3 is 1. The molecule has 2 aromatic rings. The van der Waals surface area contributed by atoms with Crippen LogP contribution in [0.2, 0.25) is 5.02 Å². The highest BCUT2D eigenvalue weighted by Crippen LogP contribution is 2.24. The van der Waals surface area contributed by atoms with Crippen LogP contribution >= 0.6 is 11.6 Å². The van der Waals surface area contributed by atoms with E-state index >= 15 is 0 Å². The van der Waals surface area contributed by atoms with Crippen LogP contribution in [0.15, 0.2) is 36.4 Å². The lowest BCUT2D eigenvalue weighted by molar-refractivity contribution is -0.122. The number of nitrogens with zero attached hydrogens (tertiary/aromatic N) is 1. The Hall–Kier alpha value is -2.04. The molecule has 0 bridgehead atoms. The summed E-state index contributed by atoms with van der Waals surface area (Å²) in [6, 6.07) is 11.9. The monoisotopic (exact) mass is 374 g/mol. The molecule has 2 rings (SSSR count). The molecule has 0 saturated carbocycles. The molecule has 4 nitrogen and oxygen atoms in total. The first kappa shape index (κ1) is 20.3. The van der Waals surface area contributed by atoms with Crippen LogP contribution in [-0.2, 0) is 17.8 Å². The fourth-order valence-electron chi connectivity index (χ4n) is 3.12. The molecule has 5 heteroatoms. The first-order valence-corrected chi connectivity index (χ1v) is 9.10. The van der Waals surface area contributed by atoms with Crippen molar-refractivity contribution in [3.63, 3.8) is 0 Å². The molecule has 1 amide bonds. The smallest absolute Gasteiger partial charge is 0.234 e. The second-order valence-electron chi connectivity index (χ2n) is 6.66. The van der Waals surface area contributed by atoms with Gasteiger partial charge in [-0.15, -0.1) is 0 Å². The summed E-state index contributed by atoms with van der Waals surface area (Å²) in [5.41, 5.74) is 4.57. The van der Waals surface area contributed by atoms with Crippen LogP contribution in [0.4, 0.5) is 0 Å². The summed E-state index contributed by atoms with van der Waals surface area (Å²) in [5.74, 6) is 0.958. The molecule has 0 aliphatic heterocycles. The van der Waals surface area contributed by atoms with E-state index in [1.165, 1.54) is 5.56 Å². The number of amides is 1. The van der Waals surface area contributed by atoms with Gasteiger partial charge >= 0.3 is 0 Å². The molecule has 0 aliphatic rings. The Morgan fingerprint density at radius 2 is 1.73 bits per heavy atom. The van der Waals surface area contributed by atoms with Gasteiger partial charge in [-0.1, -0.05) is 35.9 Å². The van der Waals surface area contributed by atoms with Crippen molar-refractivity contribution in [1.82, 2.24) is 10.2 Å². The molecule has 26 heavy (non-hydrogen) atoms. The van der Waals surface area contributed by atoms with Gasteiger partial charge in [0.1, 0.15) is 5.75 Å². The molecular weight excluding hydrogens is 348 g/mol. The molecule has 0 heterocycles. The number of nitrogens with one attached hydrogen (secondary N) is 1. The number of aryl methyl sites for hydroxylation is 2. The minimum atomic E-state index is 0.0309. The molecule has 0 fully saturated rings. The number of rotatable bonds is 8. The number of carbonyl (C=O) groups is 1. The highest BCUT2D eigenvalue weighted by molar-refractivity contribution is 6.30. The van der Waals surface area contributed by atoms with Crippen molar-refractivity contribution < 1.29 is 9.53 Å². The van der Waals surface area contributed by atoms with Gasteiger partial charge in [0.15, 0.2) is 0 Å². The van der Waals surface area contributed by atoms with Crippen LogP contribution in [0.25, 0.3) is 0 Å². The van der Waals surface area contributed by atoms with Crippen molar-refractivity contribution >= 4 is 17.5 Å². The standard InChI is InChI=1S/C21H27ClN2O2/c1-15-11-18(12-16(2)21(15)26-4)13-24(3)14-20(25)23-10-9-17-5-7-19(22)8-6-17/h5-8,11-12H,9-10,13-14H2,1-4H3,(H,23,25). The van der Waals surface area contributed by atoms with Crippen molar-refractivity contribution in [3.8, 4) is 5.75 Å². The number of benzene rings is 2. The predicted molar refractivity (Wildman–Crippen MR) is 107 cm³/mol. The summed E-state index contributed by atoms with van der Waals surface area (Å²) in [6.45, 7) is 5.79. The molecule has 0 unspecified atom stereocenters. The van der Waals surface area contributed by atoms with Gasteiger partial charge in [0, 0.05) is 18.1 Å². The number of carbonyl (C=O) groups excluding carboxylic acids is 1. The van der Waals surface area contributed by atoms with Gasteiger partial charge in [-0.2, -0.15) is 0 Å². The lowest BCUT2D eigenvalue weighted by atomic mass is 10.1. The molecule has 0 aromatic heterocycles. The van der Waals surface area contributed by atoms with E-state index in [9.17, 15) is 4.79 Å². The van der Waals surface area contributed by atoms with Gasteiger partial charge < -0.3 is 10.1 Å². The predicted octanol–water partition coefficient (Wildman–Crippen LogP) is 3.76. The fourth-order valence-corrected chi connectivity index (χ4v) is 3.25. The molecule has 0 aliphatic carbocycles. The summed E-state index contributed by atoms with van der Waals surface area (Å²) in [5, 5.41) is 3.70. The quantitative estimate of drug-likeness (QED) is 0.765. The van der Waals surface area contributed by atoms with E-state index in [1.807, 2.05) is 50.1 Å². The maximum Gasteiger partial charge on any atom is 0.234 e. The maximum atomic E-state index is 12.1. The normalized spacial score (nSPS) is 10.8. The number of ether oxygens (including phenoxy) is 1. The fraction of sp³-hybridized carbons (Fsp3) is 0.381. The lowest BCUT2D eigenvalue weighted by Crippen LogP contribution is -2.35. The third-order valence-corrected chi connectivity index (χ3v) is 4.49. The second kappa shape index (κ2) is 9.60. The van der Waals surface area contributed by atoms with Crippen LogP contribution in [0, 0.1) is 13.8 Å². The van der Waals surface area contributed by atoms with Crippen molar-refractivity contribution in [2.24, 2.45) is 0 Å². The van der Waals surface area contributed by atoms with Crippen LogP contribution in [-0.4, -0.2) is 38.1 Å². The van der Waals surface area contributed by atoms with Crippen LogP contribution < -0.4 is 10.1 Å². The third kappa shape index (κ3) is 6.04. The van der Waals surface area contributed by atoms with E-state index in [0.29, 0.717) is 13.1 Å². The molecule has 0 radical (unpaired) electrons. The number of hydrogen-bond acceptors (Lipinski definition) is 3. The molecule has 0 atom stereocenters. The third-order valence-electron chi connectivity index (χ3n) is 4.24. The van der Waals surface area contributed by atoms with Gasteiger partial charge in [-0.3, -0.25) is 9.69 Å². The minimum absolute atomic E-state index is 0.0309. The van der Waals surface area contributed by atoms with E-state index < -0.39 is 0 Å². The van der Waals surface area contributed by atoms with Crippen LogP contribution in [0.1, 0.15) is 22.3 Å². The van der Waals surface area contributed by atoms with Gasteiger partial charge in [-0.25, -0.2) is 0 Å². The Labute approximate surface area is 161 Å². The zero-order valence-corrected chi connectivity index (χ0v) is 16.7. The van der Waals surface area contributed by atoms with Crippen molar-refractivity contribution in [3.05, 3.63) is 63.7 Å². The number of likely N-dealkylation sites (N-methyl/N-ethyl adjacent to an activating group) is 1. The molecule has 140 valence electrons. The Balaban J connectivity index is 1.79. The van der Waals surface area contributed by atoms with Crippen molar-refractivity contribution in [2.45, 2.75) is 26.8 Å². The highest BCUT2D eigenvalue weighted by atomic mass is 35.5. The second-order valence-corrected chi connectivity index (χ2v) is 7.10. The molecule has 2 aromatic carbocycles. The Bertz CT molecular complexity index is 721. The first-order chi connectivity index (χ1) is 12.4. The number of hydrogen-bond donors (Lipinski definition) is 1. The first-order valence-electron chi connectivity index (χ1n) is 8.73. The van der Waals surface area contributed by atoms with Gasteiger partial charge in [0.25, 0.3) is 0 Å². The Morgan fingerprint density at radius 3 is 2.31 bits per heavy atom. The summed E-state index contributed by atoms with van der Waals surface area (Å²) in [4.78, 5) is 14.1. The van der Waals surface area contributed by atoms with E-state index in [0.717, 1.165) is 40.4 Å². The summed E-state index contributed by atoms with van der Waals surface area (Å²) in [6.07, 6.45) is 0.795. The SMILES string of the molecule is COc1c(C)cc(CN(C)CC(=O)NCCc2ccc(Cl)cc2)cc1C.